The van der Waals surface area contributed by atoms with Crippen molar-refractivity contribution in [3.63, 3.8) is 0 Å². The van der Waals surface area contributed by atoms with E-state index in [0.717, 1.165) is 24.3 Å². The van der Waals surface area contributed by atoms with Crippen LogP contribution in [0.5, 0.6) is 0 Å². The minimum absolute atomic E-state index is 0.280. The molecule has 1 aromatic carbocycles. The number of nitrogen functional groups attached to an aromatic ring is 1. The maximum absolute atomic E-state index is 5.71. The number of aromatic amines is 1. The van der Waals surface area contributed by atoms with Crippen LogP contribution < -0.4 is 11.1 Å². The number of para-hydroxylation sites is 1. The van der Waals surface area contributed by atoms with Crippen LogP contribution in [0.15, 0.2) is 36.4 Å². The molecule has 2 aromatic heterocycles. The molecule has 20 heavy (non-hydrogen) atoms. The second kappa shape index (κ2) is 4.23. The number of nitrogens with two attached hydrogens (primary N) is 1. The number of imidazole rings is 1. The van der Waals surface area contributed by atoms with E-state index in [0.29, 0.717) is 11.5 Å². The normalized spacial score (nSPS) is 17.7. The Morgan fingerprint density at radius 1 is 1.10 bits per heavy atom. The van der Waals surface area contributed by atoms with Crippen molar-refractivity contribution in [3.05, 3.63) is 47.8 Å². The van der Waals surface area contributed by atoms with E-state index in [1.165, 1.54) is 11.3 Å². The van der Waals surface area contributed by atoms with Gasteiger partial charge in [-0.2, -0.15) is 0 Å². The maximum Gasteiger partial charge on any atom is 0.179 e. The molecule has 0 radical (unpaired) electrons. The zero-order valence-electron chi connectivity index (χ0n) is 10.9. The van der Waals surface area contributed by atoms with Gasteiger partial charge in [-0.3, -0.25) is 0 Å². The van der Waals surface area contributed by atoms with Gasteiger partial charge in [0.25, 0.3) is 0 Å². The third-order valence-electron chi connectivity index (χ3n) is 3.80. The molecule has 1 aliphatic heterocycles. The molecule has 5 nitrogen and oxygen atoms in total. The lowest BCUT2D eigenvalue weighted by Crippen LogP contribution is -2.18. The molecule has 0 saturated heterocycles. The first kappa shape index (κ1) is 11.3. The number of hydrogen-bond donors (Lipinski definition) is 3. The summed E-state index contributed by atoms with van der Waals surface area (Å²) in [6.45, 7) is 0.953. The molecule has 0 spiro atoms. The van der Waals surface area contributed by atoms with Gasteiger partial charge in [0.05, 0.1) is 5.52 Å². The van der Waals surface area contributed by atoms with Crippen LogP contribution in [0.3, 0.4) is 0 Å². The van der Waals surface area contributed by atoms with Gasteiger partial charge in [-0.25, -0.2) is 9.97 Å². The van der Waals surface area contributed by atoms with E-state index >= 15 is 0 Å². The summed E-state index contributed by atoms with van der Waals surface area (Å²) in [5, 5.41) is 3.43. The second-order valence-electron chi connectivity index (χ2n) is 5.08. The van der Waals surface area contributed by atoms with Crippen LogP contribution in [-0.2, 0) is 0 Å². The number of benzene rings is 1. The predicted molar refractivity (Wildman–Crippen MR) is 79.7 cm³/mol. The van der Waals surface area contributed by atoms with Gasteiger partial charge in [0.2, 0.25) is 0 Å². The molecule has 4 rings (SSSR count). The van der Waals surface area contributed by atoms with Crippen molar-refractivity contribution >= 4 is 22.7 Å². The smallest absolute Gasteiger partial charge is 0.179 e. The highest BCUT2D eigenvalue weighted by Crippen LogP contribution is 2.35. The lowest BCUT2D eigenvalue weighted by atomic mass is 9.90. The zero-order valence-corrected chi connectivity index (χ0v) is 10.9. The first-order valence-electron chi connectivity index (χ1n) is 6.76. The van der Waals surface area contributed by atoms with Crippen LogP contribution in [-0.4, -0.2) is 21.5 Å². The number of aromatic nitrogens is 3. The Bertz CT molecular complexity index is 777. The fraction of sp³-hybridized carbons (Fsp3) is 0.200. The van der Waals surface area contributed by atoms with Gasteiger partial charge in [0.15, 0.2) is 5.65 Å². The second-order valence-corrected chi connectivity index (χ2v) is 5.08. The zero-order chi connectivity index (χ0) is 13.5. The first-order chi connectivity index (χ1) is 9.81. The highest BCUT2D eigenvalue weighted by molar-refractivity contribution is 5.73. The fourth-order valence-corrected chi connectivity index (χ4v) is 2.84. The molecule has 3 heterocycles. The van der Waals surface area contributed by atoms with Gasteiger partial charge in [-0.1, -0.05) is 18.2 Å². The number of hydrogen-bond acceptors (Lipinski definition) is 4. The molecule has 1 unspecified atom stereocenters. The van der Waals surface area contributed by atoms with Crippen LogP contribution in [0, 0.1) is 0 Å². The van der Waals surface area contributed by atoms with Crippen molar-refractivity contribution < 1.29 is 0 Å². The molecule has 3 aromatic rings. The minimum Gasteiger partial charge on any atom is -0.385 e. The Balaban J connectivity index is 1.84. The van der Waals surface area contributed by atoms with E-state index in [1.54, 1.807) is 6.07 Å². The van der Waals surface area contributed by atoms with Crippen molar-refractivity contribution in [2.45, 2.75) is 12.3 Å². The summed E-state index contributed by atoms with van der Waals surface area (Å²) in [5.74, 6) is 1.75. The molecule has 0 saturated carbocycles. The highest BCUT2D eigenvalue weighted by atomic mass is 15.0. The van der Waals surface area contributed by atoms with Crippen LogP contribution >= 0.6 is 0 Å². The number of nitrogens with one attached hydrogen (secondary N) is 2. The van der Waals surface area contributed by atoms with E-state index in [4.69, 9.17) is 5.73 Å². The predicted octanol–water partition coefficient (Wildman–Crippen LogP) is 2.49. The van der Waals surface area contributed by atoms with Crippen LogP contribution in [0.2, 0.25) is 0 Å². The maximum atomic E-state index is 5.71. The molecule has 100 valence electrons. The Kier molecular flexibility index (Phi) is 2.39. The molecular formula is C15H15N5. The molecule has 5 heteroatoms. The summed E-state index contributed by atoms with van der Waals surface area (Å²) in [6, 6.07) is 12.1. The lowest BCUT2D eigenvalue weighted by molar-refractivity contribution is 0.686. The van der Waals surface area contributed by atoms with Crippen molar-refractivity contribution in [3.8, 4) is 0 Å². The largest absolute Gasteiger partial charge is 0.385 e. The topological polar surface area (TPSA) is 79.6 Å². The number of fused-ring (bicyclic) bond motifs is 2. The summed E-state index contributed by atoms with van der Waals surface area (Å²) in [6.07, 6.45) is 1.02. The monoisotopic (exact) mass is 265 g/mol. The van der Waals surface area contributed by atoms with Gasteiger partial charge in [-0.05, 0) is 30.2 Å². The molecule has 1 atom stereocenters. The molecule has 0 fully saturated rings. The third-order valence-corrected chi connectivity index (χ3v) is 3.80. The number of anilines is 2. The summed E-state index contributed by atoms with van der Waals surface area (Å²) < 4.78 is 0. The van der Waals surface area contributed by atoms with E-state index in [1.807, 2.05) is 6.07 Å². The van der Waals surface area contributed by atoms with E-state index in [9.17, 15) is 0 Å². The van der Waals surface area contributed by atoms with Crippen LogP contribution in [0.25, 0.3) is 11.2 Å². The summed E-state index contributed by atoms with van der Waals surface area (Å²) in [5.41, 5.74) is 9.81. The summed E-state index contributed by atoms with van der Waals surface area (Å²) in [4.78, 5) is 12.3. The van der Waals surface area contributed by atoms with Gasteiger partial charge < -0.3 is 16.0 Å². The van der Waals surface area contributed by atoms with Gasteiger partial charge in [0, 0.05) is 18.2 Å². The number of rotatable bonds is 1. The average Bonchev–Trinajstić information content (AvgIpc) is 2.89. The lowest BCUT2D eigenvalue weighted by Gasteiger charge is -2.25. The molecule has 0 aliphatic carbocycles. The standard InChI is InChI=1S/C15H15N5/c16-13-6-5-12-15(19-13)20-14(18-12)10-7-8-17-11-4-2-1-3-9(10)11/h1-6,10,17H,7-8H2,(H3,16,18,19,20). The van der Waals surface area contributed by atoms with Gasteiger partial charge in [0.1, 0.15) is 11.6 Å². The highest BCUT2D eigenvalue weighted by Gasteiger charge is 2.24. The van der Waals surface area contributed by atoms with Gasteiger partial charge in [-0.15, -0.1) is 0 Å². The Hall–Kier alpha value is -2.56. The molecular weight excluding hydrogens is 250 g/mol. The summed E-state index contributed by atoms with van der Waals surface area (Å²) >= 11 is 0. The van der Waals surface area contributed by atoms with Crippen molar-refractivity contribution in [2.75, 3.05) is 17.6 Å². The average molecular weight is 265 g/mol. The van der Waals surface area contributed by atoms with Crippen LogP contribution in [0.4, 0.5) is 11.5 Å². The summed E-state index contributed by atoms with van der Waals surface area (Å²) in [7, 11) is 0. The molecule has 0 amide bonds. The van der Waals surface area contributed by atoms with E-state index < -0.39 is 0 Å². The Morgan fingerprint density at radius 2 is 2.00 bits per heavy atom. The van der Waals surface area contributed by atoms with Crippen molar-refractivity contribution in [1.29, 1.82) is 0 Å². The quantitative estimate of drug-likeness (QED) is 0.631. The number of pyridine rings is 1. The molecule has 0 bridgehead atoms. The van der Waals surface area contributed by atoms with Gasteiger partial charge >= 0.3 is 0 Å². The van der Waals surface area contributed by atoms with E-state index in [2.05, 4.69) is 44.5 Å². The molecule has 4 N–H and O–H groups in total. The SMILES string of the molecule is Nc1ccc2[nH]c(C3CCNc4ccccc43)nc2n1. The minimum atomic E-state index is 0.280. The number of nitrogens with zero attached hydrogens (tertiary/aromatic N) is 2. The van der Waals surface area contributed by atoms with Crippen molar-refractivity contribution in [2.24, 2.45) is 0 Å². The first-order valence-corrected chi connectivity index (χ1v) is 6.76. The Labute approximate surface area is 116 Å². The fourth-order valence-electron chi connectivity index (χ4n) is 2.84. The number of H-pyrrole nitrogens is 1. The third kappa shape index (κ3) is 1.71. The molecule has 1 aliphatic rings. The van der Waals surface area contributed by atoms with Crippen molar-refractivity contribution in [1.82, 2.24) is 15.0 Å². The van der Waals surface area contributed by atoms with Crippen LogP contribution in [0.1, 0.15) is 23.7 Å². The van der Waals surface area contributed by atoms with E-state index in [-0.39, 0.29) is 5.92 Å². The Morgan fingerprint density at radius 3 is 2.95 bits per heavy atom.